The number of para-hydroxylation sites is 1. The summed E-state index contributed by atoms with van der Waals surface area (Å²) in [5, 5.41) is 12.4. The smallest absolute Gasteiger partial charge is 0.341 e. The van der Waals surface area contributed by atoms with Crippen LogP contribution in [0.25, 0.3) is 0 Å². The first-order chi connectivity index (χ1) is 16.5. The molecular formula is C24H28N4O4S2. The molecule has 0 radical (unpaired) electrons. The lowest BCUT2D eigenvalue weighted by Crippen LogP contribution is -2.16. The number of hydrogen-bond acceptors (Lipinski definition) is 8. The molecule has 10 heteroatoms. The van der Waals surface area contributed by atoms with Gasteiger partial charge in [-0.1, -0.05) is 43.0 Å². The first-order valence-corrected chi connectivity index (χ1v) is 12.7. The Morgan fingerprint density at radius 2 is 2.06 bits per heavy atom. The maximum atomic E-state index is 12.7. The summed E-state index contributed by atoms with van der Waals surface area (Å²) in [6.45, 7) is 10.5. The molecule has 3 aromatic rings. The van der Waals surface area contributed by atoms with Gasteiger partial charge in [0.25, 0.3) is 0 Å². The maximum absolute atomic E-state index is 12.7. The summed E-state index contributed by atoms with van der Waals surface area (Å²) in [5.74, 6) is 0.845. The van der Waals surface area contributed by atoms with Crippen molar-refractivity contribution < 1.29 is 19.1 Å². The van der Waals surface area contributed by atoms with Gasteiger partial charge in [0.1, 0.15) is 17.4 Å². The van der Waals surface area contributed by atoms with Crippen LogP contribution in [0.1, 0.15) is 40.5 Å². The fourth-order valence-electron chi connectivity index (χ4n) is 3.07. The average Bonchev–Trinajstić information content (AvgIpc) is 3.41. The molecule has 1 amide bonds. The van der Waals surface area contributed by atoms with Gasteiger partial charge in [0.05, 0.1) is 17.9 Å². The van der Waals surface area contributed by atoms with Crippen LogP contribution in [-0.4, -0.2) is 39.0 Å². The number of anilines is 1. The van der Waals surface area contributed by atoms with E-state index in [4.69, 9.17) is 9.47 Å². The molecule has 1 aromatic carbocycles. The highest BCUT2D eigenvalue weighted by Gasteiger charge is 2.20. The van der Waals surface area contributed by atoms with Gasteiger partial charge in [-0.05, 0) is 38.0 Å². The molecule has 2 heterocycles. The Balaban J connectivity index is 1.65. The molecule has 0 bridgehead atoms. The second kappa shape index (κ2) is 12.4. The Kier molecular flexibility index (Phi) is 9.29. The fourth-order valence-corrected chi connectivity index (χ4v) is 4.84. The molecular weight excluding hydrogens is 472 g/mol. The molecule has 0 saturated heterocycles. The van der Waals surface area contributed by atoms with E-state index in [1.165, 1.54) is 23.1 Å². The monoisotopic (exact) mass is 500 g/mol. The van der Waals surface area contributed by atoms with E-state index in [1.807, 2.05) is 42.7 Å². The Morgan fingerprint density at radius 3 is 2.76 bits per heavy atom. The highest BCUT2D eigenvalue weighted by atomic mass is 32.2. The van der Waals surface area contributed by atoms with E-state index in [0.717, 1.165) is 22.6 Å². The summed E-state index contributed by atoms with van der Waals surface area (Å²) in [5.41, 5.74) is 1.41. The minimum absolute atomic E-state index is 0.107. The number of esters is 1. The number of amides is 1. The van der Waals surface area contributed by atoms with Crippen LogP contribution in [0.2, 0.25) is 0 Å². The number of nitrogens with zero attached hydrogens (tertiary/aromatic N) is 3. The van der Waals surface area contributed by atoms with Crippen molar-refractivity contribution in [1.82, 2.24) is 14.8 Å². The van der Waals surface area contributed by atoms with E-state index in [0.29, 0.717) is 28.1 Å². The predicted molar refractivity (Wildman–Crippen MR) is 135 cm³/mol. The van der Waals surface area contributed by atoms with Gasteiger partial charge in [0.15, 0.2) is 11.0 Å². The summed E-state index contributed by atoms with van der Waals surface area (Å²) in [6, 6.07) is 9.53. The normalized spacial score (nSPS) is 10.7. The average molecular weight is 501 g/mol. The molecule has 0 saturated carbocycles. The summed E-state index contributed by atoms with van der Waals surface area (Å²) in [4.78, 5) is 25.9. The van der Waals surface area contributed by atoms with Crippen LogP contribution in [0.4, 0.5) is 5.00 Å². The fraction of sp³-hybridized carbons (Fsp3) is 0.333. The van der Waals surface area contributed by atoms with Crippen molar-refractivity contribution >= 4 is 40.0 Å². The van der Waals surface area contributed by atoms with Crippen molar-refractivity contribution in [3.63, 3.8) is 0 Å². The van der Waals surface area contributed by atoms with E-state index < -0.39 is 5.97 Å². The molecule has 2 aromatic heterocycles. The molecule has 0 unspecified atom stereocenters. The number of thioether (sulfide) groups is 1. The van der Waals surface area contributed by atoms with Gasteiger partial charge in [-0.15, -0.1) is 28.1 Å². The van der Waals surface area contributed by atoms with Crippen LogP contribution in [0.15, 0.2) is 48.1 Å². The van der Waals surface area contributed by atoms with Crippen LogP contribution in [0.5, 0.6) is 5.75 Å². The zero-order valence-electron chi connectivity index (χ0n) is 19.5. The quantitative estimate of drug-likeness (QED) is 0.215. The van der Waals surface area contributed by atoms with Gasteiger partial charge in [-0.25, -0.2) is 4.79 Å². The molecule has 0 fully saturated rings. The summed E-state index contributed by atoms with van der Waals surface area (Å²) in [6.07, 6.45) is 2.51. The van der Waals surface area contributed by atoms with E-state index in [-0.39, 0.29) is 24.9 Å². The van der Waals surface area contributed by atoms with Crippen molar-refractivity contribution in [1.29, 1.82) is 0 Å². The molecule has 0 aliphatic carbocycles. The molecule has 0 atom stereocenters. The SMILES string of the molecule is C=CCn1c(COc2ccccc2C)nnc1SCC(=O)Nc1sc(CC)cc1C(=O)OCC. The minimum atomic E-state index is -0.439. The molecule has 180 valence electrons. The van der Waals surface area contributed by atoms with Gasteiger partial charge in [-0.2, -0.15) is 0 Å². The molecule has 0 aliphatic heterocycles. The van der Waals surface area contributed by atoms with Gasteiger partial charge in [0, 0.05) is 11.4 Å². The number of aryl methyl sites for hydroxylation is 2. The van der Waals surface area contributed by atoms with E-state index in [2.05, 4.69) is 22.1 Å². The molecule has 8 nitrogen and oxygen atoms in total. The number of aromatic nitrogens is 3. The largest absolute Gasteiger partial charge is 0.485 e. The number of carbonyl (C=O) groups is 2. The first-order valence-electron chi connectivity index (χ1n) is 10.9. The standard InChI is InChI=1S/C24H28N4O4S2/c1-5-12-28-20(14-32-19-11-9-8-10-16(19)4)26-27-24(28)33-15-21(29)25-22-18(23(30)31-7-3)13-17(6-2)34-22/h5,8-11,13H,1,6-7,12,14-15H2,2-4H3,(H,25,29). The number of nitrogens with one attached hydrogen (secondary N) is 1. The summed E-state index contributed by atoms with van der Waals surface area (Å²) < 4.78 is 12.9. The number of allylic oxidation sites excluding steroid dienone is 1. The number of thiophene rings is 1. The van der Waals surface area contributed by atoms with Crippen molar-refractivity contribution in [3.05, 3.63) is 64.8 Å². The Labute approximate surface area is 207 Å². The first kappa shape index (κ1) is 25.5. The third-order valence-electron chi connectivity index (χ3n) is 4.77. The zero-order chi connectivity index (χ0) is 24.5. The topological polar surface area (TPSA) is 95.3 Å². The predicted octanol–water partition coefficient (Wildman–Crippen LogP) is 4.88. The number of rotatable bonds is 12. The Bertz CT molecular complexity index is 1160. The van der Waals surface area contributed by atoms with Crippen LogP contribution in [0, 0.1) is 6.92 Å². The highest BCUT2D eigenvalue weighted by Crippen LogP contribution is 2.30. The number of carbonyl (C=O) groups excluding carboxylic acids is 2. The maximum Gasteiger partial charge on any atom is 0.341 e. The van der Waals surface area contributed by atoms with Crippen molar-refractivity contribution in [2.24, 2.45) is 0 Å². The lowest BCUT2D eigenvalue weighted by Gasteiger charge is -2.10. The molecule has 3 rings (SSSR count). The van der Waals surface area contributed by atoms with E-state index >= 15 is 0 Å². The Morgan fingerprint density at radius 1 is 1.26 bits per heavy atom. The molecule has 34 heavy (non-hydrogen) atoms. The Hall–Kier alpha value is -3.11. The number of hydrogen-bond donors (Lipinski definition) is 1. The molecule has 0 aliphatic rings. The summed E-state index contributed by atoms with van der Waals surface area (Å²) >= 11 is 2.64. The van der Waals surface area contributed by atoms with Crippen molar-refractivity contribution in [2.75, 3.05) is 17.7 Å². The van der Waals surface area contributed by atoms with Crippen LogP contribution < -0.4 is 10.1 Å². The lowest BCUT2D eigenvalue weighted by molar-refractivity contribution is -0.113. The second-order valence-electron chi connectivity index (χ2n) is 7.22. The van der Waals surface area contributed by atoms with E-state index in [9.17, 15) is 9.59 Å². The van der Waals surface area contributed by atoms with Crippen LogP contribution in [-0.2, 0) is 29.1 Å². The number of benzene rings is 1. The third kappa shape index (κ3) is 6.48. The van der Waals surface area contributed by atoms with Gasteiger partial charge < -0.3 is 14.8 Å². The van der Waals surface area contributed by atoms with E-state index in [1.54, 1.807) is 19.1 Å². The van der Waals surface area contributed by atoms with Gasteiger partial charge in [0.2, 0.25) is 5.91 Å². The summed E-state index contributed by atoms with van der Waals surface area (Å²) in [7, 11) is 0. The lowest BCUT2D eigenvalue weighted by atomic mass is 10.2. The molecule has 1 N–H and O–H groups in total. The second-order valence-corrected chi connectivity index (χ2v) is 9.30. The van der Waals surface area contributed by atoms with Gasteiger partial charge >= 0.3 is 5.97 Å². The third-order valence-corrected chi connectivity index (χ3v) is 6.93. The van der Waals surface area contributed by atoms with Crippen molar-refractivity contribution in [3.8, 4) is 5.75 Å². The van der Waals surface area contributed by atoms with Crippen LogP contribution >= 0.6 is 23.1 Å². The highest BCUT2D eigenvalue weighted by molar-refractivity contribution is 7.99. The van der Waals surface area contributed by atoms with Crippen molar-refractivity contribution in [2.45, 2.75) is 45.5 Å². The molecule has 0 spiro atoms. The zero-order valence-corrected chi connectivity index (χ0v) is 21.1. The number of ether oxygens (including phenoxy) is 2. The van der Waals surface area contributed by atoms with Crippen LogP contribution in [0.3, 0.4) is 0 Å². The van der Waals surface area contributed by atoms with Gasteiger partial charge in [-0.3, -0.25) is 9.36 Å². The minimum Gasteiger partial charge on any atom is -0.485 e.